The molecular formula is C21H15F2N3. The van der Waals surface area contributed by atoms with Crippen LogP contribution < -0.4 is 0 Å². The summed E-state index contributed by atoms with van der Waals surface area (Å²) in [6.07, 6.45) is 1.70. The van der Waals surface area contributed by atoms with Gasteiger partial charge in [-0.15, -0.1) is 0 Å². The van der Waals surface area contributed by atoms with Crippen LogP contribution >= 0.6 is 0 Å². The summed E-state index contributed by atoms with van der Waals surface area (Å²) in [4.78, 5) is 4.33. The second-order valence-electron chi connectivity index (χ2n) is 5.89. The SMILES string of the molecule is Fc1ccc(-c2cc(-c3ccccn3)nn2Cc2ccccc2F)cc1. The predicted molar refractivity (Wildman–Crippen MR) is 96.4 cm³/mol. The van der Waals surface area contributed by atoms with Crippen LogP contribution in [0.3, 0.4) is 0 Å². The zero-order valence-corrected chi connectivity index (χ0v) is 13.8. The van der Waals surface area contributed by atoms with Crippen LogP contribution in [-0.4, -0.2) is 14.8 Å². The van der Waals surface area contributed by atoms with Gasteiger partial charge in [-0.3, -0.25) is 9.67 Å². The molecule has 0 bridgehead atoms. The Hall–Kier alpha value is -3.34. The lowest BCUT2D eigenvalue weighted by Gasteiger charge is -2.08. The molecule has 0 saturated heterocycles. The monoisotopic (exact) mass is 347 g/mol. The number of aromatic nitrogens is 3. The van der Waals surface area contributed by atoms with Crippen LogP contribution in [0, 0.1) is 11.6 Å². The highest BCUT2D eigenvalue weighted by molar-refractivity contribution is 5.67. The van der Waals surface area contributed by atoms with E-state index in [1.165, 1.54) is 18.2 Å². The third kappa shape index (κ3) is 3.24. The van der Waals surface area contributed by atoms with E-state index in [2.05, 4.69) is 10.1 Å². The van der Waals surface area contributed by atoms with Crippen LogP contribution in [0.15, 0.2) is 79.0 Å². The molecule has 0 saturated carbocycles. The van der Waals surface area contributed by atoms with E-state index in [4.69, 9.17) is 0 Å². The molecule has 5 heteroatoms. The molecule has 0 fully saturated rings. The zero-order valence-electron chi connectivity index (χ0n) is 13.8. The van der Waals surface area contributed by atoms with Crippen LogP contribution in [-0.2, 0) is 6.54 Å². The molecule has 4 aromatic rings. The zero-order chi connectivity index (χ0) is 17.9. The first kappa shape index (κ1) is 16.1. The first-order valence-corrected chi connectivity index (χ1v) is 8.19. The maximum atomic E-state index is 14.1. The van der Waals surface area contributed by atoms with Crippen molar-refractivity contribution >= 4 is 0 Å². The summed E-state index contributed by atoms with van der Waals surface area (Å²) in [6, 6.07) is 20.2. The van der Waals surface area contributed by atoms with Gasteiger partial charge in [0.25, 0.3) is 0 Å². The molecule has 0 amide bonds. The maximum absolute atomic E-state index is 14.1. The van der Waals surface area contributed by atoms with Gasteiger partial charge < -0.3 is 0 Å². The van der Waals surface area contributed by atoms with Crippen molar-refractivity contribution in [2.24, 2.45) is 0 Å². The minimum absolute atomic E-state index is 0.270. The van der Waals surface area contributed by atoms with Crippen molar-refractivity contribution < 1.29 is 8.78 Å². The lowest BCUT2D eigenvalue weighted by atomic mass is 10.1. The highest BCUT2D eigenvalue weighted by Crippen LogP contribution is 2.26. The molecule has 0 aliphatic carbocycles. The fraction of sp³-hybridized carbons (Fsp3) is 0.0476. The second-order valence-corrected chi connectivity index (χ2v) is 5.89. The molecule has 0 unspecified atom stereocenters. The number of pyridine rings is 1. The van der Waals surface area contributed by atoms with Crippen LogP contribution in [0.25, 0.3) is 22.6 Å². The summed E-state index contributed by atoms with van der Waals surface area (Å²) in [7, 11) is 0. The number of rotatable bonds is 4. The van der Waals surface area contributed by atoms with Gasteiger partial charge in [0.2, 0.25) is 0 Å². The number of hydrogen-bond donors (Lipinski definition) is 0. The Morgan fingerprint density at radius 2 is 1.58 bits per heavy atom. The first-order chi connectivity index (χ1) is 12.7. The second kappa shape index (κ2) is 6.88. The quantitative estimate of drug-likeness (QED) is 0.524. The average Bonchev–Trinajstić information content (AvgIpc) is 3.09. The standard InChI is InChI=1S/C21H15F2N3/c22-17-10-8-15(9-11-17)21-13-20(19-7-3-4-12-24-19)25-26(21)14-16-5-1-2-6-18(16)23/h1-13H,14H2. The van der Waals surface area contributed by atoms with E-state index in [0.717, 1.165) is 17.0 Å². The third-order valence-corrected chi connectivity index (χ3v) is 4.13. The van der Waals surface area contributed by atoms with E-state index in [-0.39, 0.29) is 18.2 Å². The molecular weight excluding hydrogens is 332 g/mol. The van der Waals surface area contributed by atoms with Crippen LogP contribution in [0.4, 0.5) is 8.78 Å². The molecule has 2 aromatic carbocycles. The van der Waals surface area contributed by atoms with Crippen molar-refractivity contribution in [2.75, 3.05) is 0 Å². The van der Waals surface area contributed by atoms with Crippen LogP contribution in [0.1, 0.15) is 5.56 Å². The van der Waals surface area contributed by atoms with Gasteiger partial charge in [-0.05, 0) is 48.5 Å². The highest BCUT2D eigenvalue weighted by atomic mass is 19.1. The van der Waals surface area contributed by atoms with Crippen molar-refractivity contribution in [3.05, 3.63) is 96.2 Å². The topological polar surface area (TPSA) is 30.7 Å². The number of benzene rings is 2. The molecule has 4 rings (SSSR count). The molecule has 0 spiro atoms. The molecule has 3 nitrogen and oxygen atoms in total. The van der Waals surface area contributed by atoms with E-state index in [0.29, 0.717) is 11.3 Å². The molecule has 0 atom stereocenters. The summed E-state index contributed by atoms with van der Waals surface area (Å²) in [6.45, 7) is 0.270. The largest absolute Gasteiger partial charge is 0.260 e. The smallest absolute Gasteiger partial charge is 0.128 e. The Morgan fingerprint density at radius 3 is 2.31 bits per heavy atom. The Morgan fingerprint density at radius 1 is 0.808 bits per heavy atom. The molecule has 0 aliphatic heterocycles. The number of hydrogen-bond acceptors (Lipinski definition) is 2. The average molecular weight is 347 g/mol. The van der Waals surface area contributed by atoms with E-state index in [9.17, 15) is 8.78 Å². The molecule has 26 heavy (non-hydrogen) atoms. The van der Waals surface area contributed by atoms with Gasteiger partial charge in [0.15, 0.2) is 0 Å². The lowest BCUT2D eigenvalue weighted by Crippen LogP contribution is -2.05. The fourth-order valence-electron chi connectivity index (χ4n) is 2.82. The Labute approximate surface area is 149 Å². The van der Waals surface area contributed by atoms with E-state index in [1.54, 1.807) is 41.2 Å². The fourth-order valence-corrected chi connectivity index (χ4v) is 2.82. The van der Waals surface area contributed by atoms with E-state index < -0.39 is 0 Å². The minimum Gasteiger partial charge on any atom is -0.260 e. The molecule has 128 valence electrons. The van der Waals surface area contributed by atoms with E-state index >= 15 is 0 Å². The highest BCUT2D eigenvalue weighted by Gasteiger charge is 2.14. The predicted octanol–water partition coefficient (Wildman–Crippen LogP) is 4.94. The van der Waals surface area contributed by atoms with Crippen molar-refractivity contribution in [1.82, 2.24) is 14.8 Å². The van der Waals surface area contributed by atoms with E-state index in [1.807, 2.05) is 24.3 Å². The molecule has 0 N–H and O–H groups in total. The molecule has 2 heterocycles. The number of halogens is 2. The van der Waals surface area contributed by atoms with Crippen molar-refractivity contribution in [2.45, 2.75) is 6.54 Å². The van der Waals surface area contributed by atoms with Gasteiger partial charge in [-0.1, -0.05) is 24.3 Å². The Bertz CT molecular complexity index is 1020. The molecule has 2 aromatic heterocycles. The van der Waals surface area contributed by atoms with Gasteiger partial charge in [0.05, 0.1) is 17.9 Å². The molecule has 0 radical (unpaired) electrons. The Balaban J connectivity index is 1.81. The number of nitrogens with zero attached hydrogens (tertiary/aromatic N) is 3. The third-order valence-electron chi connectivity index (χ3n) is 4.13. The first-order valence-electron chi connectivity index (χ1n) is 8.19. The van der Waals surface area contributed by atoms with Gasteiger partial charge in [0, 0.05) is 17.3 Å². The maximum Gasteiger partial charge on any atom is 0.128 e. The Kier molecular flexibility index (Phi) is 4.27. The summed E-state index contributed by atoms with van der Waals surface area (Å²) in [5, 5.41) is 4.61. The van der Waals surface area contributed by atoms with Crippen molar-refractivity contribution in [3.8, 4) is 22.6 Å². The van der Waals surface area contributed by atoms with Gasteiger partial charge in [0.1, 0.15) is 17.3 Å². The lowest BCUT2D eigenvalue weighted by molar-refractivity contribution is 0.587. The van der Waals surface area contributed by atoms with Crippen molar-refractivity contribution in [1.29, 1.82) is 0 Å². The van der Waals surface area contributed by atoms with Crippen LogP contribution in [0.5, 0.6) is 0 Å². The van der Waals surface area contributed by atoms with Crippen LogP contribution in [0.2, 0.25) is 0 Å². The van der Waals surface area contributed by atoms with Gasteiger partial charge >= 0.3 is 0 Å². The van der Waals surface area contributed by atoms with Gasteiger partial charge in [-0.2, -0.15) is 5.10 Å². The summed E-state index contributed by atoms with van der Waals surface area (Å²) < 4.78 is 29.1. The summed E-state index contributed by atoms with van der Waals surface area (Å²) in [5.41, 5.74) is 3.52. The van der Waals surface area contributed by atoms with Crippen molar-refractivity contribution in [3.63, 3.8) is 0 Å². The summed E-state index contributed by atoms with van der Waals surface area (Å²) >= 11 is 0. The van der Waals surface area contributed by atoms with Gasteiger partial charge in [-0.25, -0.2) is 8.78 Å². The minimum atomic E-state index is -0.307. The normalized spacial score (nSPS) is 10.8. The summed E-state index contributed by atoms with van der Waals surface area (Å²) in [5.74, 6) is -0.591. The molecule has 0 aliphatic rings.